The molecule has 1 saturated carbocycles. The molecule has 0 saturated heterocycles. The number of hydrogen-bond acceptors (Lipinski definition) is 2. The van der Waals surface area contributed by atoms with Crippen LogP contribution in [0.1, 0.15) is 44.7 Å². The Morgan fingerprint density at radius 3 is 2.55 bits per heavy atom. The van der Waals surface area contributed by atoms with Gasteiger partial charge in [-0.25, -0.2) is 0 Å². The van der Waals surface area contributed by atoms with Crippen LogP contribution in [0.15, 0.2) is 12.4 Å². The minimum Gasteiger partial charge on any atom is -0.315 e. The molecule has 0 amide bonds. The van der Waals surface area contributed by atoms with Gasteiger partial charge in [-0.3, -0.25) is 4.68 Å². The predicted molar refractivity (Wildman–Crippen MR) is 71.3 cm³/mol. The molecule has 1 aromatic rings. The molecular formula is C14H22F3N3. The number of likely N-dealkylation sites (N-methyl/N-ethyl adjacent to an activating group) is 1. The van der Waals surface area contributed by atoms with Crippen LogP contribution >= 0.6 is 0 Å². The summed E-state index contributed by atoms with van der Waals surface area (Å²) in [6, 6.07) is 0.184. The SMILES string of the molecule is CNC1CCC(C(C)C)CC1n1cc(C(F)(F)F)cn1. The second kappa shape index (κ2) is 5.76. The molecule has 1 fully saturated rings. The summed E-state index contributed by atoms with van der Waals surface area (Å²) in [6.07, 6.45) is 0.712. The van der Waals surface area contributed by atoms with Gasteiger partial charge in [-0.1, -0.05) is 13.8 Å². The van der Waals surface area contributed by atoms with E-state index in [9.17, 15) is 13.2 Å². The first-order valence-corrected chi connectivity index (χ1v) is 7.11. The summed E-state index contributed by atoms with van der Waals surface area (Å²) in [6.45, 7) is 4.34. The molecule has 114 valence electrons. The van der Waals surface area contributed by atoms with Crippen LogP contribution in [0.4, 0.5) is 13.2 Å². The molecule has 3 atom stereocenters. The molecule has 1 aromatic heterocycles. The smallest absolute Gasteiger partial charge is 0.315 e. The first-order chi connectivity index (χ1) is 9.32. The van der Waals surface area contributed by atoms with Gasteiger partial charge in [0, 0.05) is 12.2 Å². The largest absolute Gasteiger partial charge is 0.419 e. The molecule has 0 aliphatic heterocycles. The van der Waals surface area contributed by atoms with Crippen molar-refractivity contribution < 1.29 is 13.2 Å². The Morgan fingerprint density at radius 1 is 1.35 bits per heavy atom. The average molecular weight is 289 g/mol. The van der Waals surface area contributed by atoms with E-state index >= 15 is 0 Å². The maximum Gasteiger partial charge on any atom is 0.419 e. The fourth-order valence-electron chi connectivity index (χ4n) is 3.08. The molecule has 1 N–H and O–H groups in total. The van der Waals surface area contributed by atoms with E-state index in [1.807, 2.05) is 7.05 Å². The zero-order chi connectivity index (χ0) is 14.9. The molecule has 0 spiro atoms. The van der Waals surface area contributed by atoms with Crippen molar-refractivity contribution in [2.45, 2.75) is 51.4 Å². The average Bonchev–Trinajstić information content (AvgIpc) is 2.87. The molecule has 1 aliphatic carbocycles. The van der Waals surface area contributed by atoms with E-state index in [2.05, 4.69) is 24.3 Å². The van der Waals surface area contributed by atoms with Crippen molar-refractivity contribution in [2.75, 3.05) is 7.05 Å². The number of hydrogen-bond donors (Lipinski definition) is 1. The summed E-state index contributed by atoms with van der Waals surface area (Å²) in [5.41, 5.74) is -0.668. The van der Waals surface area contributed by atoms with Crippen LogP contribution in [0.5, 0.6) is 0 Å². The lowest BCUT2D eigenvalue weighted by Crippen LogP contribution is -2.41. The third-order valence-electron chi connectivity index (χ3n) is 4.44. The number of aromatic nitrogens is 2. The summed E-state index contributed by atoms with van der Waals surface area (Å²) >= 11 is 0. The predicted octanol–water partition coefficient (Wildman–Crippen LogP) is 3.49. The summed E-state index contributed by atoms with van der Waals surface area (Å²) in [5, 5.41) is 7.17. The highest BCUT2D eigenvalue weighted by atomic mass is 19.4. The Bertz CT molecular complexity index is 439. The second-order valence-corrected chi connectivity index (χ2v) is 5.99. The number of nitrogens with one attached hydrogen (secondary N) is 1. The third kappa shape index (κ3) is 3.16. The minimum absolute atomic E-state index is 0.00255. The van der Waals surface area contributed by atoms with Gasteiger partial charge in [0.1, 0.15) is 0 Å². The van der Waals surface area contributed by atoms with Gasteiger partial charge in [-0.15, -0.1) is 0 Å². The highest BCUT2D eigenvalue weighted by Crippen LogP contribution is 2.37. The van der Waals surface area contributed by atoms with Crippen LogP contribution in [-0.4, -0.2) is 22.9 Å². The number of nitrogens with zero attached hydrogens (tertiary/aromatic N) is 2. The molecule has 0 bridgehead atoms. The van der Waals surface area contributed by atoms with Gasteiger partial charge in [0.25, 0.3) is 0 Å². The van der Waals surface area contributed by atoms with Crippen molar-refractivity contribution in [3.05, 3.63) is 18.0 Å². The Labute approximate surface area is 117 Å². The van der Waals surface area contributed by atoms with Crippen LogP contribution in [0.3, 0.4) is 0 Å². The fraction of sp³-hybridized carbons (Fsp3) is 0.786. The summed E-state index contributed by atoms with van der Waals surface area (Å²) in [4.78, 5) is 0. The molecule has 6 heteroatoms. The first-order valence-electron chi connectivity index (χ1n) is 7.11. The highest BCUT2D eigenvalue weighted by molar-refractivity contribution is 5.09. The summed E-state index contributed by atoms with van der Waals surface area (Å²) < 4.78 is 39.5. The molecule has 0 aromatic carbocycles. The Kier molecular flexibility index (Phi) is 4.42. The van der Waals surface area contributed by atoms with Crippen LogP contribution in [0, 0.1) is 11.8 Å². The van der Waals surface area contributed by atoms with E-state index in [0.29, 0.717) is 11.8 Å². The topological polar surface area (TPSA) is 29.9 Å². The van der Waals surface area contributed by atoms with E-state index in [1.54, 1.807) is 0 Å². The van der Waals surface area contributed by atoms with Gasteiger partial charge in [0.15, 0.2) is 0 Å². The van der Waals surface area contributed by atoms with Gasteiger partial charge in [0.2, 0.25) is 0 Å². The fourth-order valence-corrected chi connectivity index (χ4v) is 3.08. The van der Waals surface area contributed by atoms with Gasteiger partial charge in [-0.2, -0.15) is 18.3 Å². The van der Waals surface area contributed by atoms with Crippen LogP contribution in [0.25, 0.3) is 0 Å². The van der Waals surface area contributed by atoms with Crippen molar-refractivity contribution in [3.63, 3.8) is 0 Å². The molecule has 0 radical (unpaired) electrons. The molecule has 1 heterocycles. The van der Waals surface area contributed by atoms with E-state index < -0.39 is 11.7 Å². The third-order valence-corrected chi connectivity index (χ3v) is 4.44. The number of halogens is 3. The van der Waals surface area contributed by atoms with Crippen LogP contribution < -0.4 is 5.32 Å². The second-order valence-electron chi connectivity index (χ2n) is 5.99. The Hall–Kier alpha value is -1.04. The lowest BCUT2D eigenvalue weighted by molar-refractivity contribution is -0.137. The van der Waals surface area contributed by atoms with E-state index in [1.165, 1.54) is 4.68 Å². The molecular weight excluding hydrogens is 267 g/mol. The highest BCUT2D eigenvalue weighted by Gasteiger charge is 2.36. The van der Waals surface area contributed by atoms with Gasteiger partial charge in [0.05, 0.1) is 17.8 Å². The van der Waals surface area contributed by atoms with E-state index in [0.717, 1.165) is 31.7 Å². The summed E-state index contributed by atoms with van der Waals surface area (Å²) in [5.74, 6) is 1.09. The van der Waals surface area contributed by atoms with Crippen molar-refractivity contribution in [1.29, 1.82) is 0 Å². The van der Waals surface area contributed by atoms with E-state index in [4.69, 9.17) is 0 Å². The Morgan fingerprint density at radius 2 is 2.05 bits per heavy atom. The zero-order valence-corrected chi connectivity index (χ0v) is 12.1. The number of rotatable bonds is 3. The molecule has 1 aliphatic rings. The van der Waals surface area contributed by atoms with Crippen molar-refractivity contribution in [1.82, 2.24) is 15.1 Å². The van der Waals surface area contributed by atoms with E-state index in [-0.39, 0.29) is 12.1 Å². The molecule has 2 rings (SSSR count). The molecule has 3 nitrogen and oxygen atoms in total. The van der Waals surface area contributed by atoms with Crippen molar-refractivity contribution in [3.8, 4) is 0 Å². The standard InChI is InChI=1S/C14H22F3N3/c1-9(2)10-4-5-12(18-3)13(6-10)20-8-11(7-19-20)14(15,16)17/h7-10,12-13,18H,4-6H2,1-3H3. The monoisotopic (exact) mass is 289 g/mol. The van der Waals surface area contributed by atoms with Gasteiger partial charge < -0.3 is 5.32 Å². The van der Waals surface area contributed by atoms with Gasteiger partial charge >= 0.3 is 6.18 Å². The Balaban J connectivity index is 2.20. The van der Waals surface area contributed by atoms with Crippen molar-refractivity contribution >= 4 is 0 Å². The minimum atomic E-state index is -4.32. The maximum absolute atomic E-state index is 12.7. The lowest BCUT2D eigenvalue weighted by Gasteiger charge is -2.37. The maximum atomic E-state index is 12.7. The van der Waals surface area contributed by atoms with Crippen molar-refractivity contribution in [2.24, 2.45) is 11.8 Å². The van der Waals surface area contributed by atoms with Gasteiger partial charge in [-0.05, 0) is 38.1 Å². The van der Waals surface area contributed by atoms with Crippen LogP contribution in [-0.2, 0) is 6.18 Å². The normalized spacial score (nSPS) is 28.1. The number of alkyl halides is 3. The quantitative estimate of drug-likeness (QED) is 0.923. The molecule has 3 unspecified atom stereocenters. The summed E-state index contributed by atoms with van der Waals surface area (Å²) in [7, 11) is 1.86. The lowest BCUT2D eigenvalue weighted by atomic mass is 9.77. The zero-order valence-electron chi connectivity index (χ0n) is 12.1. The molecule has 20 heavy (non-hydrogen) atoms. The van der Waals surface area contributed by atoms with Crippen LogP contribution in [0.2, 0.25) is 0 Å². The first kappa shape index (κ1) is 15.4.